The Bertz CT molecular complexity index is 936. The van der Waals surface area contributed by atoms with Crippen molar-refractivity contribution in [1.29, 1.82) is 0 Å². The molecule has 152 valence electrons. The van der Waals surface area contributed by atoms with Crippen LogP contribution in [0.4, 0.5) is 5.69 Å². The molecule has 3 atom stereocenters. The number of carbonyl (C=O) groups excluding carboxylic acids is 2. The van der Waals surface area contributed by atoms with Crippen LogP contribution in [0, 0.1) is 5.41 Å². The standard InChI is InChI=1S/C23H25NO5/c1-22(2,3)28-21(26)23(20(25)27-4)14-18(15-10-6-5-7-11-15)24-17-13-9-8-12-16(17)19(23)29-24/h5-13,18-19H,14H2,1-4H3/t18-,19-,23+/m1/s1. The number of methoxy groups -OCH3 is 1. The predicted molar refractivity (Wildman–Crippen MR) is 107 cm³/mol. The summed E-state index contributed by atoms with van der Waals surface area (Å²) in [6, 6.07) is 17.0. The lowest BCUT2D eigenvalue weighted by molar-refractivity contribution is -0.200. The van der Waals surface area contributed by atoms with E-state index in [9.17, 15) is 9.59 Å². The molecule has 0 N–H and O–H groups in total. The molecule has 0 saturated carbocycles. The van der Waals surface area contributed by atoms with Gasteiger partial charge in [-0.2, -0.15) is 0 Å². The first-order valence-electron chi connectivity index (χ1n) is 9.69. The number of benzene rings is 2. The van der Waals surface area contributed by atoms with Gasteiger partial charge in [0.2, 0.25) is 0 Å². The van der Waals surface area contributed by atoms with Gasteiger partial charge in [-0.25, -0.2) is 5.06 Å². The van der Waals surface area contributed by atoms with E-state index in [-0.39, 0.29) is 12.5 Å². The summed E-state index contributed by atoms with van der Waals surface area (Å²) >= 11 is 0. The third kappa shape index (κ3) is 3.08. The minimum atomic E-state index is -1.61. The average molecular weight is 395 g/mol. The van der Waals surface area contributed by atoms with Crippen molar-refractivity contribution in [3.05, 3.63) is 65.7 Å². The molecule has 2 bridgehead atoms. The summed E-state index contributed by atoms with van der Waals surface area (Å²) in [5, 5.41) is 1.81. The topological polar surface area (TPSA) is 65.1 Å². The largest absolute Gasteiger partial charge is 0.468 e. The highest BCUT2D eigenvalue weighted by atomic mass is 16.7. The van der Waals surface area contributed by atoms with Gasteiger partial charge < -0.3 is 9.47 Å². The fraction of sp³-hybridized carbons (Fsp3) is 0.391. The predicted octanol–water partition coefficient (Wildman–Crippen LogP) is 4.13. The van der Waals surface area contributed by atoms with E-state index in [1.165, 1.54) is 7.11 Å². The minimum absolute atomic E-state index is 0.192. The fourth-order valence-electron chi connectivity index (χ4n) is 4.17. The number of carbonyl (C=O) groups is 2. The van der Waals surface area contributed by atoms with E-state index in [4.69, 9.17) is 14.3 Å². The third-order valence-electron chi connectivity index (χ3n) is 5.42. The van der Waals surface area contributed by atoms with Crippen molar-refractivity contribution in [2.75, 3.05) is 12.2 Å². The molecule has 4 rings (SSSR count). The van der Waals surface area contributed by atoms with E-state index >= 15 is 0 Å². The van der Waals surface area contributed by atoms with Gasteiger partial charge in [0.1, 0.15) is 11.7 Å². The van der Waals surface area contributed by atoms with Gasteiger partial charge in [-0.3, -0.25) is 14.4 Å². The van der Waals surface area contributed by atoms with Crippen LogP contribution >= 0.6 is 0 Å². The normalized spacial score (nSPS) is 25.3. The number of anilines is 1. The number of hydroxylamine groups is 1. The quantitative estimate of drug-likeness (QED) is 0.575. The zero-order valence-corrected chi connectivity index (χ0v) is 17.0. The Morgan fingerprint density at radius 1 is 1.03 bits per heavy atom. The summed E-state index contributed by atoms with van der Waals surface area (Å²) in [7, 11) is 1.29. The maximum Gasteiger partial charge on any atom is 0.327 e. The highest BCUT2D eigenvalue weighted by molar-refractivity contribution is 6.02. The molecule has 2 aliphatic heterocycles. The first-order valence-corrected chi connectivity index (χ1v) is 9.69. The molecule has 1 saturated heterocycles. The SMILES string of the molecule is COC(=O)[C@]1(C(=O)OC(C)(C)C)C[C@H](c2ccccc2)N2O[C@@H]1c1ccccc12. The third-order valence-corrected chi connectivity index (χ3v) is 5.42. The van der Waals surface area contributed by atoms with Crippen LogP contribution in [-0.2, 0) is 23.9 Å². The molecule has 2 heterocycles. The van der Waals surface area contributed by atoms with E-state index in [1.807, 2.05) is 54.6 Å². The molecule has 0 aromatic heterocycles. The number of fused-ring (bicyclic) bond motifs is 5. The van der Waals surface area contributed by atoms with Gasteiger partial charge in [0.05, 0.1) is 18.8 Å². The molecular formula is C23H25NO5. The van der Waals surface area contributed by atoms with Gasteiger partial charge in [-0.15, -0.1) is 0 Å². The second-order valence-corrected chi connectivity index (χ2v) is 8.47. The number of para-hydroxylation sites is 1. The molecule has 2 aromatic rings. The van der Waals surface area contributed by atoms with E-state index in [0.29, 0.717) is 0 Å². The second kappa shape index (κ2) is 6.88. The van der Waals surface area contributed by atoms with Crippen LogP contribution in [0.1, 0.15) is 50.5 Å². The molecule has 6 heteroatoms. The minimum Gasteiger partial charge on any atom is -0.468 e. The van der Waals surface area contributed by atoms with Crippen molar-refractivity contribution in [3.8, 4) is 0 Å². The summed E-state index contributed by atoms with van der Waals surface area (Å²) in [6.07, 6.45) is -0.612. The van der Waals surface area contributed by atoms with Gasteiger partial charge >= 0.3 is 11.9 Å². The van der Waals surface area contributed by atoms with Crippen LogP contribution in [-0.4, -0.2) is 24.6 Å². The molecule has 6 nitrogen and oxygen atoms in total. The van der Waals surface area contributed by atoms with Crippen molar-refractivity contribution < 1.29 is 23.9 Å². The zero-order chi connectivity index (χ0) is 20.8. The highest BCUT2D eigenvalue weighted by Crippen LogP contribution is 2.59. The van der Waals surface area contributed by atoms with Crippen molar-refractivity contribution in [1.82, 2.24) is 0 Å². The van der Waals surface area contributed by atoms with Gasteiger partial charge in [0, 0.05) is 12.0 Å². The molecule has 1 fully saturated rings. The van der Waals surface area contributed by atoms with Crippen LogP contribution in [0.2, 0.25) is 0 Å². The molecule has 0 amide bonds. The van der Waals surface area contributed by atoms with Gasteiger partial charge in [-0.1, -0.05) is 48.5 Å². The lowest BCUT2D eigenvalue weighted by Crippen LogP contribution is -2.53. The number of rotatable bonds is 3. The number of esters is 2. The first kappa shape index (κ1) is 19.5. The second-order valence-electron chi connectivity index (χ2n) is 8.47. The Hall–Kier alpha value is -2.86. The van der Waals surface area contributed by atoms with Crippen molar-refractivity contribution >= 4 is 17.6 Å². The molecule has 0 aliphatic carbocycles. The number of hydrogen-bond acceptors (Lipinski definition) is 6. The van der Waals surface area contributed by atoms with Crippen molar-refractivity contribution in [2.45, 2.75) is 44.9 Å². The zero-order valence-electron chi connectivity index (χ0n) is 17.0. The average Bonchev–Trinajstić information content (AvgIpc) is 3.03. The molecule has 0 unspecified atom stereocenters. The number of ether oxygens (including phenoxy) is 2. The molecule has 0 radical (unpaired) electrons. The van der Waals surface area contributed by atoms with E-state index in [0.717, 1.165) is 16.8 Å². The Labute approximate surface area is 170 Å². The van der Waals surface area contributed by atoms with E-state index < -0.39 is 29.1 Å². The summed E-state index contributed by atoms with van der Waals surface area (Å²) in [6.45, 7) is 5.34. The fourth-order valence-corrected chi connectivity index (χ4v) is 4.17. The van der Waals surface area contributed by atoms with Gasteiger partial charge in [-0.05, 0) is 32.4 Å². The summed E-state index contributed by atoms with van der Waals surface area (Å²) in [4.78, 5) is 32.9. The van der Waals surface area contributed by atoms with E-state index in [1.54, 1.807) is 25.8 Å². The maximum atomic E-state index is 13.5. The number of nitrogens with zero attached hydrogens (tertiary/aromatic N) is 1. The van der Waals surface area contributed by atoms with Crippen molar-refractivity contribution in [3.63, 3.8) is 0 Å². The first-order chi connectivity index (χ1) is 13.8. The highest BCUT2D eigenvalue weighted by Gasteiger charge is 2.65. The van der Waals surface area contributed by atoms with E-state index in [2.05, 4.69) is 0 Å². The molecular weight excluding hydrogens is 370 g/mol. The van der Waals surface area contributed by atoms with Crippen molar-refractivity contribution in [2.24, 2.45) is 5.41 Å². The Kier molecular flexibility index (Phi) is 4.62. The van der Waals surface area contributed by atoms with Crippen LogP contribution < -0.4 is 5.06 Å². The molecule has 2 aliphatic rings. The smallest absolute Gasteiger partial charge is 0.327 e. The maximum absolute atomic E-state index is 13.5. The monoisotopic (exact) mass is 395 g/mol. The Balaban J connectivity index is 1.90. The van der Waals surface area contributed by atoms with Crippen LogP contribution in [0.5, 0.6) is 0 Å². The van der Waals surface area contributed by atoms with Crippen LogP contribution in [0.15, 0.2) is 54.6 Å². The molecule has 29 heavy (non-hydrogen) atoms. The molecule has 0 spiro atoms. The lowest BCUT2D eigenvalue weighted by atomic mass is 9.73. The van der Waals surface area contributed by atoms with Gasteiger partial charge in [0.15, 0.2) is 5.41 Å². The number of hydrogen-bond donors (Lipinski definition) is 0. The summed E-state index contributed by atoms with van der Waals surface area (Å²) < 4.78 is 10.9. The summed E-state index contributed by atoms with van der Waals surface area (Å²) in [5.41, 5.74) is 0.212. The Morgan fingerprint density at radius 3 is 2.34 bits per heavy atom. The molecule has 2 aromatic carbocycles. The van der Waals surface area contributed by atoms with Crippen LogP contribution in [0.25, 0.3) is 0 Å². The van der Waals surface area contributed by atoms with Gasteiger partial charge in [0.25, 0.3) is 0 Å². The lowest BCUT2D eigenvalue weighted by Gasteiger charge is -2.43. The Morgan fingerprint density at radius 2 is 1.69 bits per heavy atom. The summed E-state index contributed by atoms with van der Waals surface area (Å²) in [5.74, 6) is -1.27. The van der Waals surface area contributed by atoms with Crippen LogP contribution in [0.3, 0.4) is 0 Å².